The van der Waals surface area contributed by atoms with Crippen LogP contribution < -0.4 is 4.90 Å². The molecule has 0 N–H and O–H groups in total. The second-order valence-corrected chi connectivity index (χ2v) is 13.1. The van der Waals surface area contributed by atoms with Crippen molar-refractivity contribution < 1.29 is 0 Å². The van der Waals surface area contributed by atoms with Crippen LogP contribution >= 0.6 is 11.3 Å². The van der Waals surface area contributed by atoms with E-state index < -0.39 is 0 Å². The second kappa shape index (κ2) is 9.03. The molecule has 0 unspecified atom stereocenters. The number of rotatable bonds is 2. The fourth-order valence-corrected chi connectivity index (χ4v) is 8.35. The molecule has 0 spiro atoms. The highest BCUT2D eigenvalue weighted by atomic mass is 32.1. The van der Waals surface area contributed by atoms with Gasteiger partial charge in [0.25, 0.3) is 0 Å². The minimum absolute atomic E-state index is 0.0811. The summed E-state index contributed by atoms with van der Waals surface area (Å²) >= 11 is 1.84. The molecule has 8 aromatic rings. The number of pyridine rings is 1. The van der Waals surface area contributed by atoms with Crippen molar-refractivity contribution >= 4 is 76.1 Å². The van der Waals surface area contributed by atoms with E-state index in [0.29, 0.717) is 5.69 Å². The molecular weight excluding hydrogens is 557 g/mol. The Morgan fingerprint density at radius 2 is 1.30 bits per heavy atom. The summed E-state index contributed by atoms with van der Waals surface area (Å²) in [5, 5.41) is 4.64. The molecule has 0 aliphatic carbocycles. The number of nitrogens with zero attached hydrogens (tertiary/aromatic N) is 4. The summed E-state index contributed by atoms with van der Waals surface area (Å²) < 4.78 is 4.80. The molecule has 1 aliphatic heterocycles. The van der Waals surface area contributed by atoms with Gasteiger partial charge in [0.15, 0.2) is 5.69 Å². The molecule has 0 saturated heterocycles. The molecule has 9 rings (SSSR count). The van der Waals surface area contributed by atoms with Crippen molar-refractivity contribution in [2.75, 3.05) is 4.90 Å². The molecule has 0 fully saturated rings. The van der Waals surface area contributed by atoms with E-state index in [0.717, 1.165) is 27.5 Å². The molecule has 4 nitrogen and oxygen atoms in total. The molecule has 1 aliphatic rings. The Balaban J connectivity index is 1.22. The van der Waals surface area contributed by atoms with Gasteiger partial charge in [0.2, 0.25) is 0 Å². The SMILES string of the molecule is [C-]#[N+]c1ccc2c(c1)c1cnccc1n2-c1ccc2c(c1)sc1cc(N3c4ccccc4C(C)(C)c4ccccc43)ccc12. The summed E-state index contributed by atoms with van der Waals surface area (Å²) in [7, 11) is 0. The van der Waals surface area contributed by atoms with Crippen LogP contribution in [0.5, 0.6) is 0 Å². The van der Waals surface area contributed by atoms with Crippen LogP contribution in [0.4, 0.5) is 22.7 Å². The van der Waals surface area contributed by atoms with Crippen molar-refractivity contribution in [2.24, 2.45) is 0 Å². The fourth-order valence-electron chi connectivity index (χ4n) is 7.18. The van der Waals surface area contributed by atoms with Crippen LogP contribution in [0, 0.1) is 6.57 Å². The van der Waals surface area contributed by atoms with Gasteiger partial charge in [-0.15, -0.1) is 11.3 Å². The summed E-state index contributed by atoms with van der Waals surface area (Å²) in [5.74, 6) is 0. The lowest BCUT2D eigenvalue weighted by Crippen LogP contribution is -2.30. The van der Waals surface area contributed by atoms with Crippen molar-refractivity contribution in [2.45, 2.75) is 19.3 Å². The zero-order valence-corrected chi connectivity index (χ0v) is 25.1. The Kier molecular flexibility index (Phi) is 5.15. The Labute approximate surface area is 258 Å². The first kappa shape index (κ1) is 25.1. The minimum Gasteiger partial charge on any atom is -0.310 e. The van der Waals surface area contributed by atoms with E-state index in [9.17, 15) is 0 Å². The summed E-state index contributed by atoms with van der Waals surface area (Å²) in [6, 6.07) is 39.3. The third-order valence-corrected chi connectivity index (χ3v) is 10.4. The predicted octanol–water partition coefficient (Wildman–Crippen LogP) is 11.2. The van der Waals surface area contributed by atoms with Gasteiger partial charge in [0.1, 0.15) is 0 Å². The summed E-state index contributed by atoms with van der Waals surface area (Å²) in [6.45, 7) is 12.2. The number of para-hydroxylation sites is 2. The van der Waals surface area contributed by atoms with Crippen LogP contribution in [-0.4, -0.2) is 9.55 Å². The zero-order chi connectivity index (χ0) is 29.6. The van der Waals surface area contributed by atoms with Gasteiger partial charge in [0.05, 0.1) is 29.0 Å². The maximum atomic E-state index is 7.51. The predicted molar refractivity (Wildman–Crippen MR) is 185 cm³/mol. The topological polar surface area (TPSA) is 25.4 Å². The number of hydrogen-bond donors (Lipinski definition) is 0. The average molecular weight is 583 g/mol. The van der Waals surface area contributed by atoms with Gasteiger partial charge in [-0.3, -0.25) is 4.98 Å². The van der Waals surface area contributed by atoms with Gasteiger partial charge in [-0.1, -0.05) is 68.4 Å². The van der Waals surface area contributed by atoms with Gasteiger partial charge in [-0.05, 0) is 71.1 Å². The van der Waals surface area contributed by atoms with Gasteiger partial charge >= 0.3 is 0 Å². The molecule has 0 atom stereocenters. The minimum atomic E-state index is -0.0811. The van der Waals surface area contributed by atoms with Crippen molar-refractivity contribution in [3.05, 3.63) is 144 Å². The molecule has 44 heavy (non-hydrogen) atoms. The van der Waals surface area contributed by atoms with Crippen molar-refractivity contribution in [3.8, 4) is 5.69 Å². The smallest absolute Gasteiger partial charge is 0.188 e. The number of hydrogen-bond acceptors (Lipinski definition) is 3. The number of fused-ring (bicyclic) bond motifs is 8. The van der Waals surface area contributed by atoms with E-state index in [1.54, 1.807) is 0 Å². The van der Waals surface area contributed by atoms with Gasteiger partial charge < -0.3 is 9.47 Å². The monoisotopic (exact) mass is 582 g/mol. The molecule has 5 aromatic carbocycles. The van der Waals surface area contributed by atoms with E-state index in [4.69, 9.17) is 6.57 Å². The lowest BCUT2D eigenvalue weighted by molar-refractivity contribution is 0.632. The summed E-state index contributed by atoms with van der Waals surface area (Å²) in [5.41, 5.74) is 10.1. The third kappa shape index (κ3) is 3.40. The lowest BCUT2D eigenvalue weighted by atomic mass is 9.73. The fraction of sp³-hybridized carbons (Fsp3) is 0.0769. The molecule has 4 heterocycles. The Morgan fingerprint density at radius 3 is 2.00 bits per heavy atom. The maximum Gasteiger partial charge on any atom is 0.188 e. The molecule has 0 saturated carbocycles. The highest BCUT2D eigenvalue weighted by Crippen LogP contribution is 2.52. The average Bonchev–Trinajstić information content (AvgIpc) is 3.59. The van der Waals surface area contributed by atoms with Gasteiger partial charge in [0, 0.05) is 54.7 Å². The first-order valence-corrected chi connectivity index (χ1v) is 15.6. The quantitative estimate of drug-likeness (QED) is 0.189. The molecule has 0 bridgehead atoms. The van der Waals surface area contributed by atoms with E-state index in [1.165, 1.54) is 48.4 Å². The molecule has 208 valence electrons. The van der Waals surface area contributed by atoms with Gasteiger partial charge in [-0.2, -0.15) is 0 Å². The van der Waals surface area contributed by atoms with Crippen molar-refractivity contribution in [3.63, 3.8) is 0 Å². The van der Waals surface area contributed by atoms with Crippen molar-refractivity contribution in [1.82, 2.24) is 9.55 Å². The number of benzene rings is 5. The van der Waals surface area contributed by atoms with Crippen LogP contribution in [0.25, 0.3) is 52.5 Å². The van der Waals surface area contributed by atoms with E-state index in [1.807, 2.05) is 35.9 Å². The molecule has 0 amide bonds. The first-order valence-electron chi connectivity index (χ1n) is 14.7. The second-order valence-electron chi connectivity index (χ2n) is 12.0. The standard InChI is InChI=1S/C39H26N4S/c1-39(2)31-8-4-6-10-35(31)43(36-11-7-5-9-32(36)39)26-14-16-28-27-15-13-25(21-37(27)44-38(28)22-26)42-33-17-12-24(40-3)20-29(33)30-23-41-19-18-34(30)42/h4-23H,1-2H3. The lowest BCUT2D eigenvalue weighted by Gasteiger charge is -2.42. The Hall–Kier alpha value is -5.44. The number of thiophene rings is 1. The van der Waals surface area contributed by atoms with Crippen molar-refractivity contribution in [1.29, 1.82) is 0 Å². The van der Waals surface area contributed by atoms with E-state index in [-0.39, 0.29) is 5.41 Å². The molecule has 0 radical (unpaired) electrons. The Morgan fingerprint density at radius 1 is 0.659 bits per heavy atom. The maximum absolute atomic E-state index is 7.51. The van der Waals surface area contributed by atoms with Crippen LogP contribution in [-0.2, 0) is 5.41 Å². The van der Waals surface area contributed by atoms with E-state index in [2.05, 4.69) is 130 Å². The van der Waals surface area contributed by atoms with Crippen LogP contribution in [0.1, 0.15) is 25.0 Å². The summed E-state index contributed by atoms with van der Waals surface area (Å²) in [4.78, 5) is 10.5. The first-order chi connectivity index (χ1) is 21.5. The third-order valence-electron chi connectivity index (χ3n) is 9.27. The highest BCUT2D eigenvalue weighted by molar-refractivity contribution is 7.25. The zero-order valence-electron chi connectivity index (χ0n) is 24.2. The number of aromatic nitrogens is 2. The Bertz CT molecular complexity index is 2460. The molecule has 5 heteroatoms. The van der Waals surface area contributed by atoms with Gasteiger partial charge in [-0.25, -0.2) is 4.85 Å². The highest BCUT2D eigenvalue weighted by Gasteiger charge is 2.36. The van der Waals surface area contributed by atoms with Crippen LogP contribution in [0.3, 0.4) is 0 Å². The van der Waals surface area contributed by atoms with Crippen LogP contribution in [0.15, 0.2) is 122 Å². The normalized spacial score (nSPS) is 13.8. The molecule has 3 aromatic heterocycles. The summed E-state index contributed by atoms with van der Waals surface area (Å²) in [6.07, 6.45) is 3.74. The number of anilines is 3. The largest absolute Gasteiger partial charge is 0.310 e. The van der Waals surface area contributed by atoms with E-state index >= 15 is 0 Å². The molecular formula is C39H26N4S. The van der Waals surface area contributed by atoms with Crippen LogP contribution in [0.2, 0.25) is 0 Å².